The summed E-state index contributed by atoms with van der Waals surface area (Å²) in [4.78, 5) is 35.5. The van der Waals surface area contributed by atoms with Crippen molar-refractivity contribution in [1.82, 2.24) is 20.8 Å². The number of aromatic nitrogens is 2. The van der Waals surface area contributed by atoms with Crippen LogP contribution in [0.2, 0.25) is 0 Å². The molecule has 0 radical (unpaired) electrons. The minimum absolute atomic E-state index is 0.0158. The summed E-state index contributed by atoms with van der Waals surface area (Å²) >= 11 is 0. The van der Waals surface area contributed by atoms with Gasteiger partial charge in [-0.05, 0) is 20.8 Å². The van der Waals surface area contributed by atoms with Crippen molar-refractivity contribution < 1.29 is 34.2 Å². The third kappa shape index (κ3) is 12.1. The Kier molecular flexibility index (Phi) is 13.8. The number of aliphatic carboxylic acids is 1. The first kappa shape index (κ1) is 26.2. The van der Waals surface area contributed by atoms with E-state index in [0.29, 0.717) is 0 Å². The van der Waals surface area contributed by atoms with Crippen molar-refractivity contribution in [3.63, 3.8) is 0 Å². The predicted molar refractivity (Wildman–Crippen MR) is 93.0 cm³/mol. The van der Waals surface area contributed by atoms with Crippen molar-refractivity contribution in [2.24, 2.45) is 5.73 Å². The zero-order valence-electron chi connectivity index (χ0n) is 15.2. The summed E-state index contributed by atoms with van der Waals surface area (Å²) in [6.45, 7) is 3.78. The van der Waals surface area contributed by atoms with Gasteiger partial charge in [-0.1, -0.05) is 5.16 Å². The van der Waals surface area contributed by atoms with E-state index in [2.05, 4.69) is 33.6 Å². The number of terminal acetylenes is 1. The molecule has 1 rings (SSSR count). The maximum absolute atomic E-state index is 11.5. The number of carboxylic acids is 1. The van der Waals surface area contributed by atoms with Crippen LogP contribution in [0.3, 0.4) is 0 Å². The minimum atomic E-state index is -1.44. The molecule has 0 aromatic carbocycles. The van der Waals surface area contributed by atoms with E-state index in [1.165, 1.54) is 20.8 Å². The van der Waals surface area contributed by atoms with Gasteiger partial charge in [0.1, 0.15) is 11.8 Å². The van der Waals surface area contributed by atoms with E-state index in [1.54, 1.807) is 0 Å². The maximum atomic E-state index is 11.5. The van der Waals surface area contributed by atoms with Gasteiger partial charge < -0.3 is 41.0 Å². The molecule has 0 fully saturated rings. The SMILES string of the molecule is C#C.CC(C)=O.CC(O)C(NC(=O)NCc1noc([C@@H](N)CO)n1)C(=O)O. The predicted octanol–water partition coefficient (Wildman–Crippen LogP) is -1.46. The van der Waals surface area contributed by atoms with Crippen LogP contribution in [0.25, 0.3) is 0 Å². The third-order valence-corrected chi connectivity index (χ3v) is 2.44. The first-order valence-corrected chi connectivity index (χ1v) is 7.53. The number of rotatable bonds is 7. The Morgan fingerprint density at radius 1 is 1.30 bits per heavy atom. The number of nitrogens with one attached hydrogen (secondary N) is 2. The van der Waals surface area contributed by atoms with Crippen LogP contribution in [-0.2, 0) is 16.1 Å². The minimum Gasteiger partial charge on any atom is -0.480 e. The first-order chi connectivity index (χ1) is 12.6. The van der Waals surface area contributed by atoms with E-state index >= 15 is 0 Å². The van der Waals surface area contributed by atoms with E-state index in [9.17, 15) is 19.5 Å². The molecule has 0 aliphatic rings. The summed E-state index contributed by atoms with van der Waals surface area (Å²) in [6, 6.07) is -3.07. The molecule has 152 valence electrons. The van der Waals surface area contributed by atoms with Gasteiger partial charge in [0.05, 0.1) is 19.3 Å². The average Bonchev–Trinajstić information content (AvgIpc) is 3.07. The Hall–Kier alpha value is -3.01. The van der Waals surface area contributed by atoms with Crippen LogP contribution in [0.5, 0.6) is 0 Å². The van der Waals surface area contributed by atoms with Gasteiger partial charge in [0, 0.05) is 0 Å². The number of amides is 2. The van der Waals surface area contributed by atoms with Gasteiger partial charge in [-0.3, -0.25) is 0 Å². The Morgan fingerprint density at radius 2 is 1.81 bits per heavy atom. The lowest BCUT2D eigenvalue weighted by Gasteiger charge is -2.16. The summed E-state index contributed by atoms with van der Waals surface area (Å²) in [5, 5.41) is 34.7. The molecule has 1 aromatic heterocycles. The van der Waals surface area contributed by atoms with Crippen LogP contribution in [0.15, 0.2) is 4.52 Å². The Labute approximate surface area is 156 Å². The number of hydrogen-bond acceptors (Lipinski definition) is 9. The molecule has 3 atom stereocenters. The Balaban J connectivity index is 0. The number of aliphatic hydroxyl groups is 2. The lowest BCUT2D eigenvalue weighted by atomic mass is 10.2. The molecule has 0 saturated heterocycles. The molecule has 0 spiro atoms. The second-order valence-corrected chi connectivity index (χ2v) is 5.13. The molecule has 12 heteroatoms. The highest BCUT2D eigenvalue weighted by Gasteiger charge is 2.25. The number of Topliss-reactive ketones (excluding diaryl/α,β-unsaturated/α-hetero) is 1. The van der Waals surface area contributed by atoms with Gasteiger partial charge in [0.25, 0.3) is 0 Å². The fourth-order valence-corrected chi connectivity index (χ4v) is 1.31. The summed E-state index contributed by atoms with van der Waals surface area (Å²) in [6.07, 6.45) is 6.74. The molecule has 2 unspecified atom stereocenters. The van der Waals surface area contributed by atoms with Crippen LogP contribution in [0, 0.1) is 12.8 Å². The zero-order valence-corrected chi connectivity index (χ0v) is 15.2. The number of carboxylic acid groups (broad SMARTS) is 1. The summed E-state index contributed by atoms with van der Waals surface area (Å²) < 4.78 is 4.76. The van der Waals surface area contributed by atoms with E-state index in [0.717, 1.165) is 0 Å². The Bertz CT molecular complexity index is 611. The number of hydrogen-bond donors (Lipinski definition) is 6. The third-order valence-electron chi connectivity index (χ3n) is 2.44. The van der Waals surface area contributed by atoms with Crippen LogP contribution in [0.1, 0.15) is 38.5 Å². The highest BCUT2D eigenvalue weighted by molar-refractivity contribution is 5.82. The monoisotopic (exact) mass is 387 g/mol. The molecule has 12 nitrogen and oxygen atoms in total. The normalized spacial score (nSPS) is 12.7. The molecule has 2 amide bonds. The van der Waals surface area contributed by atoms with Gasteiger partial charge >= 0.3 is 12.0 Å². The number of urea groups is 1. The largest absolute Gasteiger partial charge is 0.480 e. The molecular formula is C15H25N5O7. The lowest BCUT2D eigenvalue weighted by Crippen LogP contribution is -2.51. The van der Waals surface area contributed by atoms with E-state index < -0.39 is 30.2 Å². The molecule has 0 bridgehead atoms. The molecule has 27 heavy (non-hydrogen) atoms. The number of carbonyl (C=O) groups is 3. The van der Waals surface area contributed by atoms with Crippen LogP contribution in [-0.4, -0.2) is 62.0 Å². The second-order valence-electron chi connectivity index (χ2n) is 5.13. The molecule has 0 saturated carbocycles. The maximum Gasteiger partial charge on any atom is 0.328 e. The lowest BCUT2D eigenvalue weighted by molar-refractivity contribution is -0.141. The summed E-state index contributed by atoms with van der Waals surface area (Å²) in [5.41, 5.74) is 5.46. The highest BCUT2D eigenvalue weighted by Crippen LogP contribution is 2.05. The molecule has 7 N–H and O–H groups in total. The van der Waals surface area contributed by atoms with Crippen molar-refractivity contribution in [3.8, 4) is 12.8 Å². The molecule has 0 aliphatic heterocycles. The zero-order chi connectivity index (χ0) is 21.6. The van der Waals surface area contributed by atoms with Crippen LogP contribution >= 0.6 is 0 Å². The van der Waals surface area contributed by atoms with Crippen molar-refractivity contribution >= 4 is 17.8 Å². The van der Waals surface area contributed by atoms with Crippen molar-refractivity contribution in [2.45, 2.75) is 45.5 Å². The number of nitrogens with two attached hydrogens (primary N) is 1. The molecule has 1 aromatic rings. The van der Waals surface area contributed by atoms with Crippen molar-refractivity contribution in [3.05, 3.63) is 11.7 Å². The van der Waals surface area contributed by atoms with Crippen LogP contribution in [0.4, 0.5) is 4.79 Å². The van der Waals surface area contributed by atoms with Crippen molar-refractivity contribution in [1.29, 1.82) is 0 Å². The van der Waals surface area contributed by atoms with Crippen molar-refractivity contribution in [2.75, 3.05) is 6.61 Å². The van der Waals surface area contributed by atoms with Gasteiger partial charge in [-0.2, -0.15) is 4.98 Å². The number of nitrogens with zero attached hydrogens (tertiary/aromatic N) is 2. The van der Waals surface area contributed by atoms with E-state index in [-0.39, 0.29) is 30.7 Å². The van der Waals surface area contributed by atoms with Gasteiger partial charge in [0.2, 0.25) is 5.89 Å². The number of ketones is 1. The number of aliphatic hydroxyl groups excluding tert-OH is 2. The van der Waals surface area contributed by atoms with E-state index in [4.69, 9.17) is 20.5 Å². The quantitative estimate of drug-likeness (QED) is 0.300. The average molecular weight is 387 g/mol. The first-order valence-electron chi connectivity index (χ1n) is 7.53. The standard InChI is InChI=1S/C10H17N5O6.C3H6O.C2H2/c1-4(17)7(9(18)19)14-10(20)12-2-6-13-8(21-15-6)5(11)3-16;1-3(2)4;1-2/h4-5,7,16-17H,2-3,11H2,1H3,(H,18,19)(H2,12,14,20);1-2H3;1-2H/t4?,5-,7?;;/m0../s1. The fourth-order valence-electron chi connectivity index (χ4n) is 1.31. The van der Waals surface area contributed by atoms with Gasteiger partial charge in [0.15, 0.2) is 11.9 Å². The Morgan fingerprint density at radius 3 is 2.22 bits per heavy atom. The molecule has 0 aliphatic carbocycles. The van der Waals surface area contributed by atoms with Gasteiger partial charge in [-0.15, -0.1) is 12.8 Å². The summed E-state index contributed by atoms with van der Waals surface area (Å²) in [7, 11) is 0. The van der Waals surface area contributed by atoms with E-state index in [1.807, 2.05) is 0 Å². The second kappa shape index (κ2) is 14.2. The van der Waals surface area contributed by atoms with Crippen LogP contribution < -0.4 is 16.4 Å². The number of carbonyl (C=O) groups excluding carboxylic acids is 2. The smallest absolute Gasteiger partial charge is 0.328 e. The molecular weight excluding hydrogens is 362 g/mol. The fraction of sp³-hybridized carbons (Fsp3) is 0.533. The summed E-state index contributed by atoms with van der Waals surface area (Å²) in [5.74, 6) is -1.08. The molecule has 1 heterocycles. The topological polar surface area (TPSA) is 201 Å². The van der Waals surface area contributed by atoms with Gasteiger partial charge in [-0.25, -0.2) is 9.59 Å². The highest BCUT2D eigenvalue weighted by atomic mass is 16.5.